The fourth-order valence-electron chi connectivity index (χ4n) is 2.60. The number of nitrogens with one attached hydrogen (secondary N) is 1. The van der Waals surface area contributed by atoms with Crippen LogP contribution in [0, 0.1) is 6.92 Å². The molecular formula is C16H20N2O2S. The summed E-state index contributed by atoms with van der Waals surface area (Å²) in [5.41, 5.74) is 1.30. The summed E-state index contributed by atoms with van der Waals surface area (Å²) >= 11 is 1.79. The van der Waals surface area contributed by atoms with Gasteiger partial charge in [-0.2, -0.15) is 0 Å². The van der Waals surface area contributed by atoms with Gasteiger partial charge in [-0.25, -0.2) is 0 Å². The van der Waals surface area contributed by atoms with Gasteiger partial charge in [0.1, 0.15) is 11.5 Å². The van der Waals surface area contributed by atoms with Crippen molar-refractivity contribution in [3.63, 3.8) is 0 Å². The lowest BCUT2D eigenvalue weighted by molar-refractivity contribution is -0.131. The van der Waals surface area contributed by atoms with Crippen molar-refractivity contribution < 1.29 is 9.21 Å². The average Bonchev–Trinajstić information content (AvgIpc) is 3.12. The summed E-state index contributed by atoms with van der Waals surface area (Å²) in [5.74, 6) is 1.92. The molecule has 0 saturated heterocycles. The number of hydrogen-bond donors (Lipinski definition) is 1. The van der Waals surface area contributed by atoms with E-state index < -0.39 is 0 Å². The Hall–Kier alpha value is -1.59. The second-order valence-corrected chi connectivity index (χ2v) is 6.49. The number of carbonyl (C=O) groups excluding carboxylic acids is 1. The number of aryl methyl sites for hydroxylation is 1. The number of thiophene rings is 1. The molecule has 112 valence electrons. The SMILES string of the molecule is Cc1ccc(C(C)NCC(=O)N2CCc3sccc3C2)o1. The summed E-state index contributed by atoms with van der Waals surface area (Å²) in [7, 11) is 0. The molecule has 1 N–H and O–H groups in total. The molecule has 0 spiro atoms. The molecule has 0 fully saturated rings. The normalized spacial score (nSPS) is 15.8. The van der Waals surface area contributed by atoms with Gasteiger partial charge >= 0.3 is 0 Å². The third-order valence-electron chi connectivity index (χ3n) is 3.91. The molecule has 1 amide bonds. The van der Waals surface area contributed by atoms with Gasteiger partial charge in [0.15, 0.2) is 0 Å². The van der Waals surface area contributed by atoms with E-state index in [1.807, 2.05) is 30.9 Å². The molecule has 2 aromatic heterocycles. The molecule has 0 radical (unpaired) electrons. The minimum Gasteiger partial charge on any atom is -0.465 e. The summed E-state index contributed by atoms with van der Waals surface area (Å²) in [6.07, 6.45) is 0.978. The lowest BCUT2D eigenvalue weighted by atomic mass is 10.1. The van der Waals surface area contributed by atoms with Crippen molar-refractivity contribution in [3.05, 3.63) is 45.5 Å². The summed E-state index contributed by atoms with van der Waals surface area (Å²) < 4.78 is 5.57. The van der Waals surface area contributed by atoms with E-state index in [-0.39, 0.29) is 11.9 Å². The molecule has 3 rings (SSSR count). The third kappa shape index (κ3) is 3.19. The van der Waals surface area contributed by atoms with Crippen LogP contribution in [0.15, 0.2) is 28.0 Å². The first kappa shape index (κ1) is 14.4. The Bertz CT molecular complexity index is 632. The van der Waals surface area contributed by atoms with Gasteiger partial charge in [0.2, 0.25) is 5.91 Å². The Balaban J connectivity index is 1.53. The first-order valence-electron chi connectivity index (χ1n) is 7.26. The van der Waals surface area contributed by atoms with E-state index >= 15 is 0 Å². The molecule has 0 aliphatic carbocycles. The second-order valence-electron chi connectivity index (χ2n) is 5.49. The zero-order chi connectivity index (χ0) is 14.8. The van der Waals surface area contributed by atoms with Crippen molar-refractivity contribution in [2.75, 3.05) is 13.1 Å². The van der Waals surface area contributed by atoms with Crippen molar-refractivity contribution in [2.45, 2.75) is 32.9 Å². The molecule has 0 bridgehead atoms. The number of nitrogens with zero attached hydrogens (tertiary/aromatic N) is 1. The van der Waals surface area contributed by atoms with Crippen LogP contribution in [0.25, 0.3) is 0 Å². The second kappa shape index (κ2) is 6.03. The highest BCUT2D eigenvalue weighted by Gasteiger charge is 2.21. The molecule has 1 atom stereocenters. The third-order valence-corrected chi connectivity index (χ3v) is 4.93. The summed E-state index contributed by atoms with van der Waals surface area (Å²) in [5, 5.41) is 5.35. The maximum absolute atomic E-state index is 12.3. The molecule has 1 aliphatic rings. The fourth-order valence-corrected chi connectivity index (χ4v) is 3.49. The highest BCUT2D eigenvalue weighted by atomic mass is 32.1. The Morgan fingerprint density at radius 1 is 1.48 bits per heavy atom. The van der Waals surface area contributed by atoms with Crippen molar-refractivity contribution in [3.8, 4) is 0 Å². The topological polar surface area (TPSA) is 45.5 Å². The van der Waals surface area contributed by atoms with Gasteiger partial charge < -0.3 is 9.32 Å². The fraction of sp³-hybridized carbons (Fsp3) is 0.438. The zero-order valence-corrected chi connectivity index (χ0v) is 13.2. The van der Waals surface area contributed by atoms with Crippen LogP contribution in [0.2, 0.25) is 0 Å². The molecule has 4 nitrogen and oxygen atoms in total. The van der Waals surface area contributed by atoms with Gasteiger partial charge in [-0.15, -0.1) is 11.3 Å². The number of hydrogen-bond acceptors (Lipinski definition) is 4. The first-order chi connectivity index (χ1) is 10.1. The van der Waals surface area contributed by atoms with Crippen molar-refractivity contribution in [2.24, 2.45) is 0 Å². The lowest BCUT2D eigenvalue weighted by Crippen LogP contribution is -2.41. The van der Waals surface area contributed by atoms with Gasteiger partial charge in [-0.1, -0.05) is 0 Å². The number of carbonyl (C=O) groups is 1. The molecule has 0 saturated carbocycles. The first-order valence-corrected chi connectivity index (χ1v) is 8.14. The van der Waals surface area contributed by atoms with E-state index in [0.29, 0.717) is 6.54 Å². The van der Waals surface area contributed by atoms with Gasteiger partial charge in [0.05, 0.1) is 12.6 Å². The largest absolute Gasteiger partial charge is 0.465 e. The van der Waals surface area contributed by atoms with Crippen LogP contribution in [0.5, 0.6) is 0 Å². The van der Waals surface area contributed by atoms with Crippen LogP contribution in [-0.4, -0.2) is 23.9 Å². The number of rotatable bonds is 4. The molecule has 1 unspecified atom stereocenters. The smallest absolute Gasteiger partial charge is 0.236 e. The molecule has 0 aromatic carbocycles. The van der Waals surface area contributed by atoms with E-state index in [4.69, 9.17) is 4.42 Å². The quantitative estimate of drug-likeness (QED) is 0.944. The van der Waals surface area contributed by atoms with Crippen LogP contribution in [0.3, 0.4) is 0 Å². The Morgan fingerprint density at radius 2 is 2.33 bits per heavy atom. The van der Waals surface area contributed by atoms with Gasteiger partial charge in [0, 0.05) is 18.0 Å². The summed E-state index contributed by atoms with van der Waals surface area (Å²) in [6, 6.07) is 6.07. The summed E-state index contributed by atoms with van der Waals surface area (Å²) in [6.45, 7) is 5.85. The highest BCUT2D eigenvalue weighted by Crippen LogP contribution is 2.24. The van der Waals surface area contributed by atoms with Crippen molar-refractivity contribution in [1.82, 2.24) is 10.2 Å². The standard InChI is InChI=1S/C16H20N2O2S/c1-11-3-4-14(20-11)12(2)17-9-16(19)18-7-5-15-13(10-18)6-8-21-15/h3-4,6,8,12,17H,5,7,9-10H2,1-2H3. The monoisotopic (exact) mass is 304 g/mol. The molecule has 1 aliphatic heterocycles. The van der Waals surface area contributed by atoms with E-state index in [9.17, 15) is 4.79 Å². The van der Waals surface area contributed by atoms with E-state index in [1.54, 1.807) is 11.3 Å². The van der Waals surface area contributed by atoms with E-state index in [2.05, 4.69) is 16.8 Å². The summed E-state index contributed by atoms with van der Waals surface area (Å²) in [4.78, 5) is 15.7. The maximum atomic E-state index is 12.3. The number of fused-ring (bicyclic) bond motifs is 1. The van der Waals surface area contributed by atoms with Crippen LogP contribution in [-0.2, 0) is 17.8 Å². The lowest BCUT2D eigenvalue weighted by Gasteiger charge is -2.27. The zero-order valence-electron chi connectivity index (χ0n) is 12.4. The van der Waals surface area contributed by atoms with E-state index in [1.165, 1.54) is 10.4 Å². The van der Waals surface area contributed by atoms with Crippen molar-refractivity contribution >= 4 is 17.2 Å². The Morgan fingerprint density at radius 3 is 3.10 bits per heavy atom. The Labute approximate surface area is 128 Å². The van der Waals surface area contributed by atoms with Crippen LogP contribution < -0.4 is 5.32 Å². The highest BCUT2D eigenvalue weighted by molar-refractivity contribution is 7.10. The van der Waals surface area contributed by atoms with Crippen LogP contribution >= 0.6 is 11.3 Å². The molecule has 21 heavy (non-hydrogen) atoms. The Kier molecular flexibility index (Phi) is 4.12. The number of furan rings is 1. The van der Waals surface area contributed by atoms with Gasteiger partial charge in [-0.05, 0) is 49.4 Å². The predicted octanol–water partition coefficient (Wildman–Crippen LogP) is 2.89. The maximum Gasteiger partial charge on any atom is 0.236 e. The van der Waals surface area contributed by atoms with E-state index in [0.717, 1.165) is 31.0 Å². The minimum atomic E-state index is 0.0455. The molecular weight excluding hydrogens is 284 g/mol. The average molecular weight is 304 g/mol. The van der Waals surface area contributed by atoms with Crippen molar-refractivity contribution in [1.29, 1.82) is 0 Å². The van der Waals surface area contributed by atoms with Crippen LogP contribution in [0.4, 0.5) is 0 Å². The van der Waals surface area contributed by atoms with Crippen LogP contribution in [0.1, 0.15) is 34.9 Å². The molecule has 5 heteroatoms. The molecule has 3 heterocycles. The number of amides is 1. The predicted molar refractivity (Wildman–Crippen MR) is 83.3 cm³/mol. The minimum absolute atomic E-state index is 0.0455. The van der Waals surface area contributed by atoms with Gasteiger partial charge in [-0.3, -0.25) is 10.1 Å². The molecule has 2 aromatic rings. The van der Waals surface area contributed by atoms with Gasteiger partial charge in [0.25, 0.3) is 0 Å².